The van der Waals surface area contributed by atoms with Gasteiger partial charge in [0, 0.05) is 35.0 Å². The highest BCUT2D eigenvalue weighted by Crippen LogP contribution is 2.30. The number of benzene rings is 2. The molecule has 0 unspecified atom stereocenters. The number of rotatable bonds is 10. The summed E-state index contributed by atoms with van der Waals surface area (Å²) in [6.07, 6.45) is 5.64. The molecule has 0 saturated heterocycles. The van der Waals surface area contributed by atoms with Gasteiger partial charge in [-0.1, -0.05) is 24.3 Å². The van der Waals surface area contributed by atoms with Gasteiger partial charge < -0.3 is 9.47 Å². The molecule has 4 aromatic rings. The first-order valence-electron chi connectivity index (χ1n) is 11.3. The first-order chi connectivity index (χ1) is 17.5. The second kappa shape index (κ2) is 10.5. The summed E-state index contributed by atoms with van der Waals surface area (Å²) in [5.41, 5.74) is 2.99. The quantitative estimate of drug-likeness (QED) is 0.323. The third-order valence-electron chi connectivity index (χ3n) is 5.56. The second-order valence-electron chi connectivity index (χ2n) is 8.39. The van der Waals surface area contributed by atoms with E-state index in [1.54, 1.807) is 30.5 Å². The van der Waals surface area contributed by atoms with Crippen LogP contribution < -0.4 is 14.2 Å². The van der Waals surface area contributed by atoms with Gasteiger partial charge in [-0.3, -0.25) is 4.79 Å². The molecule has 2 heterocycles. The number of carbonyl (C=O) groups is 1. The predicted octanol–water partition coefficient (Wildman–Crippen LogP) is 4.69. The number of amides is 1. The number of nitrogens with one attached hydrogen (secondary N) is 1. The van der Waals surface area contributed by atoms with Gasteiger partial charge in [0.2, 0.25) is 10.2 Å². The van der Waals surface area contributed by atoms with E-state index in [0.29, 0.717) is 17.5 Å². The Kier molecular flexibility index (Phi) is 6.97. The van der Waals surface area contributed by atoms with Crippen molar-refractivity contribution in [3.63, 3.8) is 0 Å². The summed E-state index contributed by atoms with van der Waals surface area (Å²) >= 11 is 0.939. The van der Waals surface area contributed by atoms with E-state index in [1.165, 1.54) is 24.4 Å². The van der Waals surface area contributed by atoms with Crippen molar-refractivity contribution in [2.45, 2.75) is 23.8 Å². The fourth-order valence-electron chi connectivity index (χ4n) is 3.38. The maximum Gasteiger partial charge on any atom is 0.291 e. The topological polar surface area (TPSA) is 107 Å². The Hall–Kier alpha value is -3.76. The number of carbonyl (C=O) groups excluding carboxylic acids is 1. The minimum atomic E-state index is -3.98. The predicted molar refractivity (Wildman–Crippen MR) is 135 cm³/mol. The highest BCUT2D eigenvalue weighted by molar-refractivity contribution is 7.92. The van der Waals surface area contributed by atoms with Crippen LogP contribution in [-0.4, -0.2) is 30.9 Å². The Balaban J connectivity index is 1.17. The van der Waals surface area contributed by atoms with Crippen molar-refractivity contribution in [1.29, 1.82) is 0 Å². The van der Waals surface area contributed by atoms with E-state index in [-0.39, 0.29) is 16.5 Å². The van der Waals surface area contributed by atoms with Crippen molar-refractivity contribution >= 4 is 27.3 Å². The van der Waals surface area contributed by atoms with Crippen LogP contribution in [0.5, 0.6) is 11.6 Å². The lowest BCUT2D eigenvalue weighted by Gasteiger charge is -2.10. The number of thiazole rings is 1. The minimum Gasteiger partial charge on any atom is -0.489 e. The molecular formula is C26H23N3O5S2. The standard InChI is InChI=1S/C26H23N3O5S2/c30-25(29-36(31,32)26-27-12-13-35-26)20-8-6-19(7-9-20)16-33-23-3-1-2-21(14-23)22-10-11-24(28-15-22)34-17-18-4-5-18/h1-3,6-15,18H,4-5,16-17H2,(H,29,30). The van der Waals surface area contributed by atoms with Gasteiger partial charge in [0.15, 0.2) is 0 Å². The molecule has 36 heavy (non-hydrogen) atoms. The van der Waals surface area contributed by atoms with E-state index < -0.39 is 15.9 Å². The lowest BCUT2D eigenvalue weighted by molar-refractivity contribution is 0.0981. The van der Waals surface area contributed by atoms with Crippen LogP contribution in [0.2, 0.25) is 0 Å². The van der Waals surface area contributed by atoms with Crippen LogP contribution >= 0.6 is 11.3 Å². The van der Waals surface area contributed by atoms with Crippen LogP contribution in [0.1, 0.15) is 28.8 Å². The first-order valence-corrected chi connectivity index (χ1v) is 13.7. The molecule has 1 amide bonds. The molecule has 2 aromatic carbocycles. The molecule has 1 saturated carbocycles. The van der Waals surface area contributed by atoms with Crippen LogP contribution in [0, 0.1) is 5.92 Å². The summed E-state index contributed by atoms with van der Waals surface area (Å²) in [4.78, 5) is 20.5. The van der Waals surface area contributed by atoms with E-state index in [4.69, 9.17) is 9.47 Å². The van der Waals surface area contributed by atoms with Crippen molar-refractivity contribution in [1.82, 2.24) is 14.7 Å². The Labute approximate surface area is 213 Å². The fraction of sp³-hybridized carbons (Fsp3) is 0.192. The van der Waals surface area contributed by atoms with Gasteiger partial charge in [-0.15, -0.1) is 11.3 Å². The molecule has 5 rings (SSSR count). The van der Waals surface area contributed by atoms with E-state index in [0.717, 1.165) is 34.6 Å². The van der Waals surface area contributed by atoms with Gasteiger partial charge in [-0.2, -0.15) is 8.42 Å². The Bertz CT molecular complexity index is 1430. The molecule has 0 aliphatic heterocycles. The number of aromatic nitrogens is 2. The molecule has 0 bridgehead atoms. The molecule has 1 N–H and O–H groups in total. The summed E-state index contributed by atoms with van der Waals surface area (Å²) in [7, 11) is -3.98. The summed E-state index contributed by atoms with van der Waals surface area (Å²) in [6.45, 7) is 1.02. The molecule has 2 aromatic heterocycles. The molecule has 8 nitrogen and oxygen atoms in total. The largest absolute Gasteiger partial charge is 0.489 e. The fourth-order valence-corrected chi connectivity index (χ4v) is 5.18. The van der Waals surface area contributed by atoms with Gasteiger partial charge in [-0.05, 0) is 60.2 Å². The van der Waals surface area contributed by atoms with Crippen LogP contribution in [0.4, 0.5) is 0 Å². The third-order valence-corrected chi connectivity index (χ3v) is 8.09. The van der Waals surface area contributed by atoms with Crippen LogP contribution in [0.25, 0.3) is 11.1 Å². The van der Waals surface area contributed by atoms with Crippen molar-refractivity contribution in [2.24, 2.45) is 5.92 Å². The van der Waals surface area contributed by atoms with Crippen molar-refractivity contribution in [3.8, 4) is 22.8 Å². The SMILES string of the molecule is O=C(NS(=O)(=O)c1nccs1)c1ccc(COc2cccc(-c3ccc(OCC4CC4)nc3)c2)cc1. The normalized spacial score (nSPS) is 13.2. The maximum atomic E-state index is 12.4. The number of hydrogen-bond acceptors (Lipinski definition) is 8. The van der Waals surface area contributed by atoms with Gasteiger partial charge in [-0.25, -0.2) is 14.7 Å². The van der Waals surface area contributed by atoms with Crippen LogP contribution in [0.3, 0.4) is 0 Å². The minimum absolute atomic E-state index is 0.156. The smallest absolute Gasteiger partial charge is 0.291 e. The van der Waals surface area contributed by atoms with E-state index in [9.17, 15) is 13.2 Å². The third kappa shape index (κ3) is 6.07. The van der Waals surface area contributed by atoms with Gasteiger partial charge in [0.05, 0.1) is 6.61 Å². The number of nitrogens with zero attached hydrogens (tertiary/aromatic N) is 2. The lowest BCUT2D eigenvalue weighted by atomic mass is 10.1. The van der Waals surface area contributed by atoms with E-state index in [2.05, 4.69) is 9.97 Å². The summed E-state index contributed by atoms with van der Waals surface area (Å²) < 4.78 is 37.9. The Morgan fingerprint density at radius 2 is 1.83 bits per heavy atom. The Morgan fingerprint density at radius 1 is 1.00 bits per heavy atom. The average molecular weight is 522 g/mol. The van der Waals surface area contributed by atoms with Crippen LogP contribution in [0.15, 0.2) is 82.8 Å². The molecule has 0 spiro atoms. The molecule has 1 aliphatic rings. The molecular weight excluding hydrogens is 498 g/mol. The zero-order valence-electron chi connectivity index (χ0n) is 19.2. The number of ether oxygens (including phenoxy) is 2. The second-order valence-corrected chi connectivity index (χ2v) is 11.1. The molecule has 0 radical (unpaired) electrons. The number of sulfonamides is 1. The average Bonchev–Trinajstić information content (AvgIpc) is 3.55. The first kappa shape index (κ1) is 24.0. The van der Waals surface area contributed by atoms with Gasteiger partial charge in [0.25, 0.3) is 15.9 Å². The monoisotopic (exact) mass is 521 g/mol. The van der Waals surface area contributed by atoms with E-state index in [1.807, 2.05) is 41.1 Å². The van der Waals surface area contributed by atoms with Gasteiger partial charge in [0.1, 0.15) is 12.4 Å². The van der Waals surface area contributed by atoms with Gasteiger partial charge >= 0.3 is 0 Å². The number of hydrogen-bond donors (Lipinski definition) is 1. The van der Waals surface area contributed by atoms with E-state index >= 15 is 0 Å². The van der Waals surface area contributed by atoms with Crippen molar-refractivity contribution < 1.29 is 22.7 Å². The molecule has 1 aliphatic carbocycles. The Morgan fingerprint density at radius 3 is 2.53 bits per heavy atom. The van der Waals surface area contributed by atoms with Crippen molar-refractivity contribution in [2.75, 3.05) is 6.61 Å². The maximum absolute atomic E-state index is 12.4. The summed E-state index contributed by atoms with van der Waals surface area (Å²) in [5, 5.41) is 1.53. The summed E-state index contributed by atoms with van der Waals surface area (Å²) in [6, 6.07) is 18.1. The molecule has 184 valence electrons. The molecule has 10 heteroatoms. The lowest BCUT2D eigenvalue weighted by Crippen LogP contribution is -2.30. The van der Waals surface area contributed by atoms with Crippen LogP contribution in [-0.2, 0) is 16.6 Å². The highest BCUT2D eigenvalue weighted by Gasteiger charge is 2.22. The molecule has 1 fully saturated rings. The summed E-state index contributed by atoms with van der Waals surface area (Å²) in [5.74, 6) is 1.29. The van der Waals surface area contributed by atoms with Crippen molar-refractivity contribution in [3.05, 3.63) is 89.6 Å². The number of pyridine rings is 1. The zero-order chi connectivity index (χ0) is 25.0. The zero-order valence-corrected chi connectivity index (χ0v) is 20.8. The highest BCUT2D eigenvalue weighted by atomic mass is 32.2. The molecule has 0 atom stereocenters.